The van der Waals surface area contributed by atoms with Crippen LogP contribution in [0.5, 0.6) is 17.2 Å². The van der Waals surface area contributed by atoms with Crippen LogP contribution < -0.4 is 19.5 Å². The minimum Gasteiger partial charge on any atom is -0.493 e. The number of carbonyl (C=O) groups is 2. The van der Waals surface area contributed by atoms with Gasteiger partial charge in [-0.2, -0.15) is 0 Å². The SMILES string of the molecule is CCOC(=O)c1ccccc1NC(=O)/C=C/c1ccc(OC)c(OC)c1OC. The number of para-hydroxylation sites is 1. The molecule has 0 radical (unpaired) electrons. The van der Waals surface area contributed by atoms with Crippen molar-refractivity contribution in [3.05, 3.63) is 53.6 Å². The number of carbonyl (C=O) groups excluding carboxylic acids is 2. The number of nitrogens with one attached hydrogen (secondary N) is 1. The first-order valence-electron chi connectivity index (χ1n) is 8.59. The van der Waals surface area contributed by atoms with Crippen LogP contribution in [0, 0.1) is 0 Å². The largest absolute Gasteiger partial charge is 0.493 e. The van der Waals surface area contributed by atoms with Gasteiger partial charge in [-0.3, -0.25) is 4.79 Å². The maximum absolute atomic E-state index is 12.3. The van der Waals surface area contributed by atoms with Gasteiger partial charge in [0.25, 0.3) is 0 Å². The van der Waals surface area contributed by atoms with Crippen LogP contribution in [0.4, 0.5) is 5.69 Å². The van der Waals surface area contributed by atoms with Gasteiger partial charge in [0.05, 0.1) is 39.2 Å². The lowest BCUT2D eigenvalue weighted by atomic mass is 10.1. The monoisotopic (exact) mass is 385 g/mol. The topological polar surface area (TPSA) is 83.1 Å². The maximum Gasteiger partial charge on any atom is 0.340 e. The lowest BCUT2D eigenvalue weighted by Gasteiger charge is -2.14. The van der Waals surface area contributed by atoms with Gasteiger partial charge in [-0.1, -0.05) is 12.1 Å². The normalized spacial score (nSPS) is 10.4. The van der Waals surface area contributed by atoms with Crippen molar-refractivity contribution in [1.29, 1.82) is 0 Å². The van der Waals surface area contributed by atoms with Gasteiger partial charge in [-0.05, 0) is 37.3 Å². The highest BCUT2D eigenvalue weighted by molar-refractivity contribution is 6.06. The fourth-order valence-electron chi connectivity index (χ4n) is 2.57. The van der Waals surface area contributed by atoms with Crippen molar-refractivity contribution in [1.82, 2.24) is 0 Å². The molecular formula is C21H23NO6. The number of hydrogen-bond acceptors (Lipinski definition) is 6. The van der Waals surface area contributed by atoms with Crippen LogP contribution in [-0.2, 0) is 9.53 Å². The number of ether oxygens (including phenoxy) is 4. The Morgan fingerprint density at radius 2 is 1.68 bits per heavy atom. The molecule has 0 heterocycles. The summed E-state index contributed by atoms with van der Waals surface area (Å²) < 4.78 is 21.0. The summed E-state index contributed by atoms with van der Waals surface area (Å²) in [5.74, 6) is 0.486. The third kappa shape index (κ3) is 4.82. The summed E-state index contributed by atoms with van der Waals surface area (Å²) in [5.41, 5.74) is 1.29. The molecule has 0 saturated heterocycles. The Balaban J connectivity index is 2.23. The molecular weight excluding hydrogens is 362 g/mol. The molecule has 0 bridgehead atoms. The molecule has 2 rings (SSSR count). The molecule has 0 aliphatic carbocycles. The standard InChI is InChI=1S/C21H23NO6/c1-5-28-21(24)15-8-6-7-9-16(15)22-18(23)13-11-14-10-12-17(25-2)20(27-4)19(14)26-3/h6-13H,5H2,1-4H3,(H,22,23)/b13-11+. The van der Waals surface area contributed by atoms with Crippen LogP contribution >= 0.6 is 0 Å². The van der Waals surface area contributed by atoms with Crippen molar-refractivity contribution in [2.24, 2.45) is 0 Å². The maximum atomic E-state index is 12.3. The highest BCUT2D eigenvalue weighted by Gasteiger charge is 2.15. The molecule has 1 N–H and O–H groups in total. The van der Waals surface area contributed by atoms with Crippen LogP contribution in [0.3, 0.4) is 0 Å². The minimum atomic E-state index is -0.496. The van der Waals surface area contributed by atoms with E-state index in [4.69, 9.17) is 18.9 Å². The van der Waals surface area contributed by atoms with Gasteiger partial charge < -0.3 is 24.3 Å². The molecule has 148 valence electrons. The summed E-state index contributed by atoms with van der Waals surface area (Å²) >= 11 is 0. The number of amides is 1. The fraction of sp³-hybridized carbons (Fsp3) is 0.238. The fourth-order valence-corrected chi connectivity index (χ4v) is 2.57. The van der Waals surface area contributed by atoms with Crippen LogP contribution in [0.1, 0.15) is 22.8 Å². The van der Waals surface area contributed by atoms with E-state index in [1.807, 2.05) is 0 Å². The van der Waals surface area contributed by atoms with E-state index in [1.165, 1.54) is 27.4 Å². The summed E-state index contributed by atoms with van der Waals surface area (Å²) in [6.07, 6.45) is 2.93. The number of benzene rings is 2. The van der Waals surface area contributed by atoms with Crippen LogP contribution in [0.2, 0.25) is 0 Å². The first kappa shape index (κ1) is 20.8. The quantitative estimate of drug-likeness (QED) is 0.553. The Hall–Kier alpha value is -3.48. The van der Waals surface area contributed by atoms with Crippen molar-refractivity contribution in [2.45, 2.75) is 6.92 Å². The zero-order valence-electron chi connectivity index (χ0n) is 16.3. The van der Waals surface area contributed by atoms with E-state index < -0.39 is 11.9 Å². The summed E-state index contributed by atoms with van der Waals surface area (Å²) in [7, 11) is 4.54. The smallest absolute Gasteiger partial charge is 0.340 e. The number of methoxy groups -OCH3 is 3. The highest BCUT2D eigenvalue weighted by atomic mass is 16.5. The third-order valence-corrected chi connectivity index (χ3v) is 3.83. The van der Waals surface area contributed by atoms with Gasteiger partial charge in [-0.15, -0.1) is 0 Å². The molecule has 0 spiro atoms. The second-order valence-electron chi connectivity index (χ2n) is 5.51. The summed E-state index contributed by atoms with van der Waals surface area (Å²) in [6, 6.07) is 10.1. The molecule has 0 aromatic heterocycles. The van der Waals surface area contributed by atoms with Gasteiger partial charge >= 0.3 is 5.97 Å². The van der Waals surface area contributed by atoms with E-state index in [9.17, 15) is 9.59 Å². The molecule has 0 saturated carbocycles. The summed E-state index contributed by atoms with van der Waals surface area (Å²) in [4.78, 5) is 24.4. The molecule has 0 atom stereocenters. The molecule has 0 aliphatic heterocycles. The number of hydrogen-bond donors (Lipinski definition) is 1. The molecule has 7 nitrogen and oxygen atoms in total. The molecule has 1 amide bonds. The van der Waals surface area contributed by atoms with E-state index in [0.29, 0.717) is 28.5 Å². The Morgan fingerprint density at radius 3 is 2.32 bits per heavy atom. The molecule has 7 heteroatoms. The first-order valence-corrected chi connectivity index (χ1v) is 8.59. The summed E-state index contributed by atoms with van der Waals surface area (Å²) in [6.45, 7) is 1.97. The Morgan fingerprint density at radius 1 is 0.964 bits per heavy atom. The zero-order valence-corrected chi connectivity index (χ0v) is 16.3. The van der Waals surface area contributed by atoms with Crippen LogP contribution in [0.15, 0.2) is 42.5 Å². The van der Waals surface area contributed by atoms with E-state index in [1.54, 1.807) is 49.4 Å². The second-order valence-corrected chi connectivity index (χ2v) is 5.51. The van der Waals surface area contributed by atoms with Crippen LogP contribution in [-0.4, -0.2) is 39.8 Å². The Bertz CT molecular complexity index is 875. The van der Waals surface area contributed by atoms with Crippen molar-refractivity contribution < 1.29 is 28.5 Å². The van der Waals surface area contributed by atoms with Gasteiger partial charge in [0, 0.05) is 11.6 Å². The van der Waals surface area contributed by atoms with Crippen LogP contribution in [0.25, 0.3) is 6.08 Å². The third-order valence-electron chi connectivity index (χ3n) is 3.83. The van der Waals surface area contributed by atoms with Gasteiger partial charge in [-0.25, -0.2) is 4.79 Å². The van der Waals surface area contributed by atoms with Gasteiger partial charge in [0.15, 0.2) is 11.5 Å². The lowest BCUT2D eigenvalue weighted by molar-refractivity contribution is -0.111. The van der Waals surface area contributed by atoms with E-state index in [2.05, 4.69) is 5.32 Å². The average Bonchev–Trinajstić information content (AvgIpc) is 2.71. The Kier molecular flexibility index (Phi) is 7.45. The second kappa shape index (κ2) is 10.0. The number of rotatable bonds is 8. The number of anilines is 1. The van der Waals surface area contributed by atoms with E-state index in [-0.39, 0.29) is 12.2 Å². The molecule has 0 fully saturated rings. The highest BCUT2D eigenvalue weighted by Crippen LogP contribution is 2.40. The predicted molar refractivity (Wildman–Crippen MR) is 106 cm³/mol. The van der Waals surface area contributed by atoms with Crippen molar-refractivity contribution in [2.75, 3.05) is 33.3 Å². The molecule has 2 aromatic rings. The van der Waals surface area contributed by atoms with Crippen molar-refractivity contribution >= 4 is 23.6 Å². The minimum absolute atomic E-state index is 0.250. The van der Waals surface area contributed by atoms with Gasteiger partial charge in [0.2, 0.25) is 11.7 Å². The molecule has 2 aromatic carbocycles. The van der Waals surface area contributed by atoms with Gasteiger partial charge in [0.1, 0.15) is 0 Å². The van der Waals surface area contributed by atoms with E-state index in [0.717, 1.165) is 0 Å². The van der Waals surface area contributed by atoms with E-state index >= 15 is 0 Å². The Labute approximate surface area is 163 Å². The zero-order chi connectivity index (χ0) is 20.5. The first-order chi connectivity index (χ1) is 13.5. The predicted octanol–water partition coefficient (Wildman–Crippen LogP) is 3.54. The lowest BCUT2D eigenvalue weighted by Crippen LogP contribution is -2.13. The number of esters is 1. The molecule has 28 heavy (non-hydrogen) atoms. The van der Waals surface area contributed by atoms with Crippen molar-refractivity contribution in [3.63, 3.8) is 0 Å². The molecule has 0 aliphatic rings. The average molecular weight is 385 g/mol. The molecule has 0 unspecified atom stereocenters. The van der Waals surface area contributed by atoms with Crippen molar-refractivity contribution in [3.8, 4) is 17.2 Å². The summed E-state index contributed by atoms with van der Waals surface area (Å²) in [5, 5.41) is 2.69.